The van der Waals surface area contributed by atoms with Crippen molar-refractivity contribution in [3.05, 3.63) is 28.8 Å². The van der Waals surface area contributed by atoms with Crippen molar-refractivity contribution >= 4 is 17.6 Å². The van der Waals surface area contributed by atoms with Crippen molar-refractivity contribution in [2.24, 2.45) is 0 Å². The number of hydrogen-bond acceptors (Lipinski definition) is 3. The molecule has 0 saturated carbocycles. The zero-order chi connectivity index (χ0) is 14.0. The lowest BCUT2D eigenvalue weighted by Crippen LogP contribution is -2.52. The largest absolute Gasteiger partial charge is 0.508 e. The molecule has 1 aromatic rings. The molecule has 1 heterocycles. The third kappa shape index (κ3) is 2.85. The van der Waals surface area contributed by atoms with Gasteiger partial charge in [0.2, 0.25) is 0 Å². The molecule has 1 unspecified atom stereocenters. The lowest BCUT2D eigenvalue weighted by Gasteiger charge is -2.35. The number of carboxylic acid groups (broad SMARTS) is 1. The van der Waals surface area contributed by atoms with Crippen molar-refractivity contribution < 1.29 is 15.0 Å². The number of rotatable bonds is 4. The molecule has 2 N–H and O–H groups in total. The number of carboxylic acids is 1. The van der Waals surface area contributed by atoms with Gasteiger partial charge in [-0.3, -0.25) is 9.69 Å². The SMILES string of the molecule is CC(Cc1cc(Cl)ccc1O)(C(=O)O)N1CCCC1. The number of phenolic OH excluding ortho intramolecular Hbond substituents is 1. The van der Waals surface area contributed by atoms with Crippen molar-refractivity contribution in [1.29, 1.82) is 0 Å². The Hall–Kier alpha value is -1.26. The molecule has 4 nitrogen and oxygen atoms in total. The van der Waals surface area contributed by atoms with Crippen LogP contribution in [0.2, 0.25) is 5.02 Å². The normalized spacial score (nSPS) is 19.3. The molecule has 0 aromatic heterocycles. The molecule has 1 saturated heterocycles. The summed E-state index contributed by atoms with van der Waals surface area (Å²) >= 11 is 5.91. The number of phenols is 1. The van der Waals surface area contributed by atoms with E-state index in [9.17, 15) is 15.0 Å². The Balaban J connectivity index is 2.30. The molecule has 1 aliphatic rings. The second-order valence-corrected chi connectivity index (χ2v) is 5.66. The summed E-state index contributed by atoms with van der Waals surface area (Å²) in [5.41, 5.74) is -0.428. The summed E-state index contributed by atoms with van der Waals surface area (Å²) in [4.78, 5) is 13.6. The lowest BCUT2D eigenvalue weighted by atomic mass is 9.90. The van der Waals surface area contributed by atoms with Gasteiger partial charge in [0.25, 0.3) is 0 Å². The van der Waals surface area contributed by atoms with Crippen LogP contribution in [0, 0.1) is 0 Å². The number of benzene rings is 1. The lowest BCUT2D eigenvalue weighted by molar-refractivity contribution is -0.149. The molecule has 0 amide bonds. The summed E-state index contributed by atoms with van der Waals surface area (Å²) in [7, 11) is 0. The van der Waals surface area contributed by atoms with E-state index in [1.807, 2.05) is 4.90 Å². The van der Waals surface area contributed by atoms with Gasteiger partial charge in [0.1, 0.15) is 11.3 Å². The summed E-state index contributed by atoms with van der Waals surface area (Å²) in [6.07, 6.45) is 2.28. The Morgan fingerprint density at radius 2 is 2.05 bits per heavy atom. The van der Waals surface area contributed by atoms with Gasteiger partial charge in [-0.2, -0.15) is 0 Å². The molecular weight excluding hydrogens is 266 g/mol. The van der Waals surface area contributed by atoms with Gasteiger partial charge >= 0.3 is 5.97 Å². The van der Waals surface area contributed by atoms with Gasteiger partial charge in [-0.05, 0) is 56.6 Å². The highest BCUT2D eigenvalue weighted by Crippen LogP contribution is 2.30. The van der Waals surface area contributed by atoms with Gasteiger partial charge in [0, 0.05) is 11.4 Å². The predicted molar refractivity (Wildman–Crippen MR) is 73.7 cm³/mol. The molecule has 0 radical (unpaired) electrons. The highest BCUT2D eigenvalue weighted by molar-refractivity contribution is 6.30. The van der Waals surface area contributed by atoms with E-state index in [-0.39, 0.29) is 12.2 Å². The van der Waals surface area contributed by atoms with E-state index in [2.05, 4.69) is 0 Å². The van der Waals surface area contributed by atoms with Crippen LogP contribution in [0.5, 0.6) is 5.75 Å². The van der Waals surface area contributed by atoms with Crippen molar-refractivity contribution in [2.45, 2.75) is 31.7 Å². The minimum absolute atomic E-state index is 0.0936. The molecule has 19 heavy (non-hydrogen) atoms. The fourth-order valence-corrected chi connectivity index (χ4v) is 2.79. The number of halogens is 1. The molecule has 2 rings (SSSR count). The fourth-order valence-electron chi connectivity index (χ4n) is 2.60. The van der Waals surface area contributed by atoms with Gasteiger partial charge in [0.15, 0.2) is 0 Å². The monoisotopic (exact) mass is 283 g/mol. The zero-order valence-corrected chi connectivity index (χ0v) is 11.7. The van der Waals surface area contributed by atoms with E-state index in [1.54, 1.807) is 19.1 Å². The number of carbonyl (C=O) groups is 1. The van der Waals surface area contributed by atoms with Crippen molar-refractivity contribution in [1.82, 2.24) is 4.90 Å². The molecule has 1 atom stereocenters. The molecular formula is C14H18ClNO3. The maximum atomic E-state index is 11.7. The highest BCUT2D eigenvalue weighted by atomic mass is 35.5. The second-order valence-electron chi connectivity index (χ2n) is 5.22. The maximum absolute atomic E-state index is 11.7. The van der Waals surface area contributed by atoms with Gasteiger partial charge in [0.05, 0.1) is 0 Å². The second kappa shape index (κ2) is 5.39. The van der Waals surface area contributed by atoms with E-state index in [0.717, 1.165) is 25.9 Å². The summed E-state index contributed by atoms with van der Waals surface area (Å²) in [6.45, 7) is 3.27. The van der Waals surface area contributed by atoms with E-state index < -0.39 is 11.5 Å². The molecule has 104 valence electrons. The molecule has 1 aromatic carbocycles. The van der Waals surface area contributed by atoms with E-state index >= 15 is 0 Å². The first-order valence-corrected chi connectivity index (χ1v) is 6.77. The van der Waals surface area contributed by atoms with Crippen molar-refractivity contribution in [3.8, 4) is 5.75 Å². The zero-order valence-electron chi connectivity index (χ0n) is 10.9. The minimum atomic E-state index is -1.00. The summed E-state index contributed by atoms with van der Waals surface area (Å²) < 4.78 is 0. The fraction of sp³-hybridized carbons (Fsp3) is 0.500. The number of hydrogen-bond donors (Lipinski definition) is 2. The Kier molecular flexibility index (Phi) is 4.02. The van der Waals surface area contributed by atoms with Crippen LogP contribution in [0.3, 0.4) is 0 Å². The molecule has 0 aliphatic carbocycles. The number of nitrogens with zero attached hydrogens (tertiary/aromatic N) is 1. The van der Waals surface area contributed by atoms with E-state index in [4.69, 9.17) is 11.6 Å². The molecule has 0 spiro atoms. The van der Waals surface area contributed by atoms with Gasteiger partial charge < -0.3 is 10.2 Å². The van der Waals surface area contributed by atoms with Crippen LogP contribution in [0.1, 0.15) is 25.3 Å². The molecule has 5 heteroatoms. The third-order valence-corrected chi connectivity index (χ3v) is 4.08. The quantitative estimate of drug-likeness (QED) is 0.891. The minimum Gasteiger partial charge on any atom is -0.508 e. The standard InChI is InChI=1S/C14H18ClNO3/c1-14(13(18)19,16-6-2-3-7-16)9-10-8-11(15)4-5-12(10)17/h4-5,8,17H,2-3,6-7,9H2,1H3,(H,18,19). The van der Waals surface area contributed by atoms with Gasteiger partial charge in [-0.25, -0.2) is 0 Å². The first-order chi connectivity index (χ1) is 8.93. The Bertz CT molecular complexity index is 486. The Morgan fingerprint density at radius 3 is 2.63 bits per heavy atom. The van der Waals surface area contributed by atoms with Crippen LogP contribution in [0.25, 0.3) is 0 Å². The average molecular weight is 284 g/mol. The summed E-state index contributed by atoms with van der Waals surface area (Å²) in [6, 6.07) is 4.73. The van der Waals surface area contributed by atoms with Gasteiger partial charge in [-0.15, -0.1) is 0 Å². The Morgan fingerprint density at radius 1 is 1.42 bits per heavy atom. The molecule has 0 bridgehead atoms. The maximum Gasteiger partial charge on any atom is 0.324 e. The first kappa shape index (κ1) is 14.2. The molecule has 1 fully saturated rings. The molecule has 1 aliphatic heterocycles. The smallest absolute Gasteiger partial charge is 0.324 e. The van der Waals surface area contributed by atoms with E-state index in [0.29, 0.717) is 10.6 Å². The number of aromatic hydroxyl groups is 1. The summed E-state index contributed by atoms with van der Waals surface area (Å²) in [5.74, 6) is -0.773. The van der Waals surface area contributed by atoms with Crippen LogP contribution in [0.15, 0.2) is 18.2 Å². The van der Waals surface area contributed by atoms with Crippen LogP contribution >= 0.6 is 11.6 Å². The van der Waals surface area contributed by atoms with Crippen molar-refractivity contribution in [3.63, 3.8) is 0 Å². The number of likely N-dealkylation sites (tertiary alicyclic amines) is 1. The van der Waals surface area contributed by atoms with Gasteiger partial charge in [-0.1, -0.05) is 11.6 Å². The van der Waals surface area contributed by atoms with E-state index in [1.165, 1.54) is 6.07 Å². The highest BCUT2D eigenvalue weighted by Gasteiger charge is 2.41. The summed E-state index contributed by atoms with van der Waals surface area (Å²) in [5, 5.41) is 19.9. The van der Waals surface area contributed by atoms with Crippen LogP contribution in [-0.4, -0.2) is 39.7 Å². The average Bonchev–Trinajstić information content (AvgIpc) is 2.87. The third-order valence-electron chi connectivity index (χ3n) is 3.84. The Labute approximate surface area is 117 Å². The number of aliphatic carboxylic acids is 1. The topological polar surface area (TPSA) is 60.8 Å². The van der Waals surface area contributed by atoms with Crippen LogP contribution < -0.4 is 0 Å². The van der Waals surface area contributed by atoms with Crippen LogP contribution in [-0.2, 0) is 11.2 Å². The van der Waals surface area contributed by atoms with Crippen LogP contribution in [0.4, 0.5) is 0 Å². The first-order valence-electron chi connectivity index (χ1n) is 6.39. The van der Waals surface area contributed by atoms with Crippen molar-refractivity contribution in [2.75, 3.05) is 13.1 Å². The predicted octanol–water partition coefficient (Wildman–Crippen LogP) is 2.53.